The van der Waals surface area contributed by atoms with Gasteiger partial charge in [-0.05, 0) is 61.0 Å². The van der Waals surface area contributed by atoms with Crippen molar-refractivity contribution >= 4 is 23.2 Å². The van der Waals surface area contributed by atoms with Crippen LogP contribution in [0.5, 0.6) is 5.75 Å². The van der Waals surface area contributed by atoms with Gasteiger partial charge in [0.15, 0.2) is 0 Å². The minimum absolute atomic E-state index is 0.146. The molecule has 1 saturated heterocycles. The van der Waals surface area contributed by atoms with Gasteiger partial charge >= 0.3 is 0 Å². The van der Waals surface area contributed by atoms with Gasteiger partial charge in [0.2, 0.25) is 5.91 Å². The Hall–Kier alpha value is -3.67. The smallest absolute Gasteiger partial charge is 0.255 e. The fourth-order valence-electron chi connectivity index (χ4n) is 3.20. The highest BCUT2D eigenvalue weighted by molar-refractivity contribution is 6.04. The lowest BCUT2D eigenvalue weighted by Crippen LogP contribution is -2.23. The van der Waals surface area contributed by atoms with Gasteiger partial charge in [-0.2, -0.15) is 0 Å². The van der Waals surface area contributed by atoms with Gasteiger partial charge in [0.05, 0.1) is 0 Å². The average molecular weight is 387 g/mol. The fourth-order valence-corrected chi connectivity index (χ4v) is 3.20. The molecular formula is C23H21N3O3. The van der Waals surface area contributed by atoms with E-state index in [9.17, 15) is 9.59 Å². The van der Waals surface area contributed by atoms with Gasteiger partial charge < -0.3 is 15.0 Å². The second-order valence-electron chi connectivity index (χ2n) is 6.82. The minimum Gasteiger partial charge on any atom is -0.489 e. The zero-order valence-electron chi connectivity index (χ0n) is 15.9. The third-order valence-corrected chi connectivity index (χ3v) is 4.76. The van der Waals surface area contributed by atoms with Crippen molar-refractivity contribution in [2.24, 2.45) is 0 Å². The van der Waals surface area contributed by atoms with Crippen LogP contribution in [-0.4, -0.2) is 23.3 Å². The summed E-state index contributed by atoms with van der Waals surface area (Å²) in [5, 5.41) is 2.87. The number of nitrogens with one attached hydrogen (secondary N) is 1. The number of nitrogens with zero attached hydrogens (tertiary/aromatic N) is 2. The molecule has 0 spiro atoms. The molecular weight excluding hydrogens is 366 g/mol. The van der Waals surface area contributed by atoms with Crippen molar-refractivity contribution in [3.05, 3.63) is 84.2 Å². The van der Waals surface area contributed by atoms with Gasteiger partial charge in [-0.3, -0.25) is 14.6 Å². The first kappa shape index (κ1) is 18.7. The normalized spacial score (nSPS) is 13.4. The van der Waals surface area contributed by atoms with Crippen molar-refractivity contribution in [1.82, 2.24) is 4.98 Å². The second kappa shape index (κ2) is 8.56. The Kier molecular flexibility index (Phi) is 5.52. The van der Waals surface area contributed by atoms with Crippen molar-refractivity contribution in [1.29, 1.82) is 0 Å². The molecule has 0 aliphatic carbocycles. The third-order valence-electron chi connectivity index (χ3n) is 4.76. The largest absolute Gasteiger partial charge is 0.489 e. The summed E-state index contributed by atoms with van der Waals surface area (Å²) in [6, 6.07) is 18.1. The third kappa shape index (κ3) is 4.60. The number of pyridine rings is 1. The fraction of sp³-hybridized carbons (Fsp3) is 0.174. The maximum atomic E-state index is 12.5. The van der Waals surface area contributed by atoms with Gasteiger partial charge in [0.25, 0.3) is 5.91 Å². The lowest BCUT2D eigenvalue weighted by atomic mass is 10.2. The summed E-state index contributed by atoms with van der Waals surface area (Å²) in [4.78, 5) is 30.1. The summed E-state index contributed by atoms with van der Waals surface area (Å²) in [5.74, 6) is 0.631. The lowest BCUT2D eigenvalue weighted by Gasteiger charge is -2.16. The topological polar surface area (TPSA) is 71.5 Å². The highest BCUT2D eigenvalue weighted by Crippen LogP contribution is 2.23. The van der Waals surface area contributed by atoms with Gasteiger partial charge in [-0.15, -0.1) is 0 Å². The number of carbonyl (C=O) groups excluding carboxylic acids is 2. The van der Waals surface area contributed by atoms with Crippen LogP contribution >= 0.6 is 0 Å². The number of anilines is 2. The van der Waals surface area contributed by atoms with Crippen molar-refractivity contribution in [2.45, 2.75) is 19.4 Å². The Morgan fingerprint density at radius 1 is 1.07 bits per heavy atom. The van der Waals surface area contributed by atoms with E-state index in [4.69, 9.17) is 4.74 Å². The SMILES string of the molecule is O=C(Nc1ccc(N2CCCC2=O)cc1)c1ccc(OCc2cccnc2)cc1. The zero-order valence-corrected chi connectivity index (χ0v) is 15.9. The maximum absolute atomic E-state index is 12.5. The number of carbonyl (C=O) groups is 2. The van der Waals surface area contributed by atoms with Crippen LogP contribution in [0.25, 0.3) is 0 Å². The van der Waals surface area contributed by atoms with E-state index < -0.39 is 0 Å². The number of benzene rings is 2. The number of hydrogen-bond acceptors (Lipinski definition) is 4. The summed E-state index contributed by atoms with van der Waals surface area (Å²) in [7, 11) is 0. The van der Waals surface area contributed by atoms with Crippen LogP contribution in [-0.2, 0) is 11.4 Å². The van der Waals surface area contributed by atoms with Crippen molar-refractivity contribution < 1.29 is 14.3 Å². The van der Waals surface area contributed by atoms with Crippen LogP contribution in [0.1, 0.15) is 28.8 Å². The molecule has 6 heteroatoms. The molecule has 1 N–H and O–H groups in total. The highest BCUT2D eigenvalue weighted by atomic mass is 16.5. The van der Waals surface area contributed by atoms with Crippen molar-refractivity contribution in [3.8, 4) is 5.75 Å². The Balaban J connectivity index is 1.34. The highest BCUT2D eigenvalue weighted by Gasteiger charge is 2.21. The van der Waals surface area contributed by atoms with Crippen molar-refractivity contribution in [3.63, 3.8) is 0 Å². The van der Waals surface area contributed by atoms with Crippen LogP contribution < -0.4 is 15.0 Å². The molecule has 2 heterocycles. The standard InChI is InChI=1S/C23H21N3O3/c27-22-4-2-14-26(22)20-9-7-19(8-10-20)25-23(28)18-5-11-21(12-6-18)29-16-17-3-1-13-24-15-17/h1,3,5-13,15H,2,4,14,16H2,(H,25,28). The van der Waals surface area contributed by atoms with E-state index >= 15 is 0 Å². The zero-order chi connectivity index (χ0) is 20.1. The van der Waals surface area contributed by atoms with Gasteiger partial charge in [-0.1, -0.05) is 6.07 Å². The molecule has 0 unspecified atom stereocenters. The molecule has 1 aliphatic rings. The minimum atomic E-state index is -0.200. The number of ether oxygens (including phenoxy) is 1. The molecule has 0 atom stereocenters. The summed E-state index contributed by atoms with van der Waals surface area (Å²) < 4.78 is 5.71. The molecule has 6 nitrogen and oxygen atoms in total. The molecule has 1 aromatic heterocycles. The Labute approximate surface area is 169 Å². The van der Waals surface area contributed by atoms with Gasteiger partial charge in [0, 0.05) is 47.9 Å². The second-order valence-corrected chi connectivity index (χ2v) is 6.82. The molecule has 2 aromatic carbocycles. The molecule has 29 heavy (non-hydrogen) atoms. The van der Waals surface area contributed by atoms with E-state index in [0.717, 1.165) is 24.2 Å². The maximum Gasteiger partial charge on any atom is 0.255 e. The van der Waals surface area contributed by atoms with E-state index in [2.05, 4.69) is 10.3 Å². The number of hydrogen-bond donors (Lipinski definition) is 1. The molecule has 1 aliphatic heterocycles. The lowest BCUT2D eigenvalue weighted by molar-refractivity contribution is -0.117. The van der Waals surface area contributed by atoms with Crippen molar-refractivity contribution in [2.75, 3.05) is 16.8 Å². The first-order chi connectivity index (χ1) is 14.2. The predicted molar refractivity (Wildman–Crippen MR) is 111 cm³/mol. The monoisotopic (exact) mass is 387 g/mol. The van der Waals surface area contributed by atoms with Gasteiger partial charge in [0.1, 0.15) is 12.4 Å². The molecule has 3 aromatic rings. The molecule has 0 saturated carbocycles. The van der Waals surface area contributed by atoms with Crippen LogP contribution in [0.15, 0.2) is 73.1 Å². The molecule has 4 rings (SSSR count). The average Bonchev–Trinajstić information content (AvgIpc) is 3.20. The molecule has 0 radical (unpaired) electrons. The van der Waals surface area contributed by atoms with Crippen LogP contribution in [0.3, 0.4) is 0 Å². The first-order valence-electron chi connectivity index (χ1n) is 9.52. The first-order valence-corrected chi connectivity index (χ1v) is 9.52. The van der Waals surface area contributed by atoms with E-state index in [1.807, 2.05) is 36.4 Å². The Bertz CT molecular complexity index is 986. The Morgan fingerprint density at radius 3 is 2.52 bits per heavy atom. The quantitative estimate of drug-likeness (QED) is 0.693. The molecule has 1 fully saturated rings. The van der Waals surface area contributed by atoms with E-state index in [1.54, 1.807) is 41.6 Å². The molecule has 0 bridgehead atoms. The number of rotatable bonds is 6. The van der Waals surface area contributed by atoms with Gasteiger partial charge in [-0.25, -0.2) is 0 Å². The van der Waals surface area contributed by atoms with E-state index in [1.165, 1.54) is 0 Å². The molecule has 2 amide bonds. The summed E-state index contributed by atoms with van der Waals surface area (Å²) in [6.07, 6.45) is 4.96. The number of amides is 2. The summed E-state index contributed by atoms with van der Waals surface area (Å²) in [6.45, 7) is 1.17. The predicted octanol–water partition coefficient (Wildman–Crippen LogP) is 4.04. The number of aromatic nitrogens is 1. The van der Waals surface area contributed by atoms with Crippen LogP contribution in [0.2, 0.25) is 0 Å². The molecule has 146 valence electrons. The van der Waals surface area contributed by atoms with E-state index in [-0.39, 0.29) is 11.8 Å². The van der Waals surface area contributed by atoms with E-state index in [0.29, 0.717) is 30.0 Å². The summed E-state index contributed by atoms with van der Waals surface area (Å²) >= 11 is 0. The Morgan fingerprint density at radius 2 is 1.86 bits per heavy atom. The summed E-state index contributed by atoms with van der Waals surface area (Å²) in [5.41, 5.74) is 3.06. The van der Waals surface area contributed by atoms with Crippen LogP contribution in [0.4, 0.5) is 11.4 Å². The van der Waals surface area contributed by atoms with Crippen LogP contribution in [0, 0.1) is 0 Å².